The Labute approximate surface area is 128 Å². The third kappa shape index (κ3) is 12.9. The second kappa shape index (κ2) is 15.3. The molecule has 0 aliphatic rings. The molecule has 0 amide bonds. The van der Waals surface area contributed by atoms with Crippen LogP contribution in [0.1, 0.15) is 91.4 Å². The lowest BCUT2D eigenvalue weighted by Gasteiger charge is -2.21. The second-order valence-electron chi connectivity index (χ2n) is 6.20. The molecule has 2 nitrogen and oxygen atoms in total. The third-order valence-corrected chi connectivity index (χ3v) is 4.11. The van der Waals surface area contributed by atoms with Gasteiger partial charge in [-0.15, -0.1) is 0 Å². The highest BCUT2D eigenvalue weighted by atomic mass is 16.5. The van der Waals surface area contributed by atoms with Gasteiger partial charge in [0.15, 0.2) is 0 Å². The smallest absolute Gasteiger partial charge is 0.0558 e. The average molecular weight is 286 g/mol. The Morgan fingerprint density at radius 3 is 2.00 bits per heavy atom. The van der Waals surface area contributed by atoms with E-state index in [1.165, 1.54) is 64.2 Å². The van der Waals surface area contributed by atoms with Crippen LogP contribution in [0.3, 0.4) is 0 Å². The van der Waals surface area contributed by atoms with E-state index in [0.717, 1.165) is 13.0 Å². The molecule has 0 aromatic rings. The van der Waals surface area contributed by atoms with Gasteiger partial charge in [0.1, 0.15) is 0 Å². The Morgan fingerprint density at radius 1 is 0.850 bits per heavy atom. The number of rotatable bonds is 15. The van der Waals surface area contributed by atoms with Crippen LogP contribution in [-0.2, 0) is 4.74 Å². The summed E-state index contributed by atoms with van der Waals surface area (Å²) < 4.78 is 5.40. The molecule has 0 radical (unpaired) electrons. The molecule has 0 spiro atoms. The van der Waals surface area contributed by atoms with Crippen molar-refractivity contribution in [2.24, 2.45) is 0 Å². The summed E-state index contributed by atoms with van der Waals surface area (Å²) in [5.41, 5.74) is 0. The number of hydrogen-bond donors (Lipinski definition) is 1. The molecule has 2 atom stereocenters. The molecule has 0 fully saturated rings. The van der Waals surface area contributed by atoms with Crippen molar-refractivity contribution in [3.63, 3.8) is 0 Å². The molecular formula is C18H39NO. The summed E-state index contributed by atoms with van der Waals surface area (Å²) in [6, 6.07) is 0.644. The summed E-state index contributed by atoms with van der Waals surface area (Å²) in [5.74, 6) is 0. The standard InChI is InChI=1S/C18H39NO/c1-5-7-8-9-10-11-12-13-14-18(19-15-6-2)16-17(3)20-4/h17-19H,5-16H2,1-4H3. The van der Waals surface area contributed by atoms with Gasteiger partial charge < -0.3 is 10.1 Å². The van der Waals surface area contributed by atoms with Crippen LogP contribution in [0.2, 0.25) is 0 Å². The summed E-state index contributed by atoms with van der Waals surface area (Å²) in [6.45, 7) is 7.83. The molecule has 0 heterocycles. The largest absolute Gasteiger partial charge is 0.382 e. The van der Waals surface area contributed by atoms with E-state index in [0.29, 0.717) is 12.1 Å². The SMILES string of the molecule is CCCCCCCCCCC(CC(C)OC)NCCC. The monoisotopic (exact) mass is 285 g/mol. The van der Waals surface area contributed by atoms with Crippen molar-refractivity contribution < 1.29 is 4.74 Å². The van der Waals surface area contributed by atoms with E-state index in [1.54, 1.807) is 0 Å². The minimum absolute atomic E-state index is 0.374. The molecule has 122 valence electrons. The predicted octanol–water partition coefficient (Wildman–Crippen LogP) is 5.31. The highest BCUT2D eigenvalue weighted by Gasteiger charge is 2.11. The van der Waals surface area contributed by atoms with Gasteiger partial charge in [-0.05, 0) is 32.7 Å². The highest BCUT2D eigenvalue weighted by molar-refractivity contribution is 4.70. The number of hydrogen-bond acceptors (Lipinski definition) is 2. The van der Waals surface area contributed by atoms with Crippen LogP contribution in [0, 0.1) is 0 Å². The molecule has 0 saturated carbocycles. The molecule has 1 N–H and O–H groups in total. The second-order valence-corrected chi connectivity index (χ2v) is 6.20. The van der Waals surface area contributed by atoms with Crippen LogP contribution in [-0.4, -0.2) is 25.8 Å². The van der Waals surface area contributed by atoms with E-state index in [9.17, 15) is 0 Å². The molecule has 0 rings (SSSR count). The minimum atomic E-state index is 0.374. The maximum atomic E-state index is 5.40. The van der Waals surface area contributed by atoms with E-state index in [1.807, 2.05) is 7.11 Å². The molecule has 20 heavy (non-hydrogen) atoms. The molecule has 0 saturated heterocycles. The van der Waals surface area contributed by atoms with Crippen LogP contribution in [0.5, 0.6) is 0 Å². The summed E-state index contributed by atoms with van der Waals surface area (Å²) in [6.07, 6.45) is 15.3. The van der Waals surface area contributed by atoms with Crippen molar-refractivity contribution >= 4 is 0 Å². The summed E-state index contributed by atoms with van der Waals surface area (Å²) >= 11 is 0. The van der Waals surface area contributed by atoms with Crippen molar-refractivity contribution in [2.45, 2.75) is 104 Å². The lowest BCUT2D eigenvalue weighted by atomic mass is 10.0. The first-order chi connectivity index (χ1) is 9.74. The van der Waals surface area contributed by atoms with Crippen LogP contribution in [0.25, 0.3) is 0 Å². The van der Waals surface area contributed by atoms with Gasteiger partial charge in [-0.1, -0.05) is 65.2 Å². The van der Waals surface area contributed by atoms with Crippen molar-refractivity contribution in [1.82, 2.24) is 5.32 Å². The van der Waals surface area contributed by atoms with Crippen molar-refractivity contribution in [3.05, 3.63) is 0 Å². The first kappa shape index (κ1) is 19.9. The molecule has 2 unspecified atom stereocenters. The van der Waals surface area contributed by atoms with Gasteiger partial charge in [-0.2, -0.15) is 0 Å². The topological polar surface area (TPSA) is 21.3 Å². The van der Waals surface area contributed by atoms with E-state index < -0.39 is 0 Å². The van der Waals surface area contributed by atoms with Crippen LogP contribution < -0.4 is 5.32 Å². The van der Waals surface area contributed by atoms with Crippen LogP contribution >= 0.6 is 0 Å². The highest BCUT2D eigenvalue weighted by Crippen LogP contribution is 2.13. The normalized spacial score (nSPS) is 14.4. The fraction of sp³-hybridized carbons (Fsp3) is 1.00. The van der Waals surface area contributed by atoms with Gasteiger partial charge in [0.05, 0.1) is 6.10 Å². The van der Waals surface area contributed by atoms with Gasteiger partial charge in [-0.25, -0.2) is 0 Å². The Bertz CT molecular complexity index is 184. The van der Waals surface area contributed by atoms with Gasteiger partial charge in [0.25, 0.3) is 0 Å². The van der Waals surface area contributed by atoms with Crippen LogP contribution in [0.4, 0.5) is 0 Å². The van der Waals surface area contributed by atoms with E-state index >= 15 is 0 Å². The summed E-state index contributed by atoms with van der Waals surface area (Å²) in [5, 5.41) is 3.67. The first-order valence-electron chi connectivity index (χ1n) is 9.00. The summed E-state index contributed by atoms with van der Waals surface area (Å²) in [7, 11) is 1.82. The Hall–Kier alpha value is -0.0800. The molecule has 0 bridgehead atoms. The van der Waals surface area contributed by atoms with E-state index in [2.05, 4.69) is 26.1 Å². The number of ether oxygens (including phenoxy) is 1. The number of unbranched alkanes of at least 4 members (excludes halogenated alkanes) is 7. The maximum Gasteiger partial charge on any atom is 0.0558 e. The predicted molar refractivity (Wildman–Crippen MR) is 90.4 cm³/mol. The fourth-order valence-electron chi connectivity index (χ4n) is 2.67. The van der Waals surface area contributed by atoms with Crippen molar-refractivity contribution in [3.8, 4) is 0 Å². The zero-order chi connectivity index (χ0) is 15.1. The number of nitrogens with one attached hydrogen (secondary N) is 1. The van der Waals surface area contributed by atoms with Gasteiger partial charge in [0, 0.05) is 13.2 Å². The Kier molecular flexibility index (Phi) is 15.3. The average Bonchev–Trinajstić information content (AvgIpc) is 2.46. The molecule has 0 aliphatic carbocycles. The van der Waals surface area contributed by atoms with Gasteiger partial charge in [-0.3, -0.25) is 0 Å². The first-order valence-corrected chi connectivity index (χ1v) is 9.00. The molecule has 0 aliphatic heterocycles. The summed E-state index contributed by atoms with van der Waals surface area (Å²) in [4.78, 5) is 0. The molecule has 2 heteroatoms. The fourth-order valence-corrected chi connectivity index (χ4v) is 2.67. The molecule has 0 aromatic heterocycles. The zero-order valence-corrected chi connectivity index (χ0v) is 14.5. The Morgan fingerprint density at radius 2 is 1.45 bits per heavy atom. The lowest BCUT2D eigenvalue weighted by Crippen LogP contribution is -2.33. The van der Waals surface area contributed by atoms with Crippen LogP contribution in [0.15, 0.2) is 0 Å². The maximum absolute atomic E-state index is 5.40. The van der Waals surface area contributed by atoms with E-state index in [4.69, 9.17) is 4.74 Å². The van der Waals surface area contributed by atoms with Gasteiger partial charge >= 0.3 is 0 Å². The van der Waals surface area contributed by atoms with E-state index in [-0.39, 0.29) is 0 Å². The Balaban J connectivity index is 3.57. The lowest BCUT2D eigenvalue weighted by molar-refractivity contribution is 0.0989. The van der Waals surface area contributed by atoms with Crippen molar-refractivity contribution in [1.29, 1.82) is 0 Å². The van der Waals surface area contributed by atoms with Crippen molar-refractivity contribution in [2.75, 3.05) is 13.7 Å². The van der Waals surface area contributed by atoms with Gasteiger partial charge in [0.2, 0.25) is 0 Å². The quantitative estimate of drug-likeness (QED) is 0.412. The third-order valence-electron chi connectivity index (χ3n) is 4.11. The minimum Gasteiger partial charge on any atom is -0.382 e. The molecular weight excluding hydrogens is 246 g/mol. The number of methoxy groups -OCH3 is 1. The molecule has 0 aromatic carbocycles. The zero-order valence-electron chi connectivity index (χ0n) is 14.5.